The summed E-state index contributed by atoms with van der Waals surface area (Å²) in [5.74, 6) is 0.422. The third kappa shape index (κ3) is 3.98. The van der Waals surface area contributed by atoms with E-state index in [4.69, 9.17) is 5.73 Å². The number of hydrogen-bond donors (Lipinski definition) is 3. The molecule has 0 saturated heterocycles. The predicted octanol–water partition coefficient (Wildman–Crippen LogP) is 0.501. The van der Waals surface area contributed by atoms with Gasteiger partial charge in [-0.25, -0.2) is 4.99 Å². The van der Waals surface area contributed by atoms with E-state index in [9.17, 15) is 4.79 Å². The molecule has 1 aromatic rings. The largest absolute Gasteiger partial charge is 0.370 e. The van der Waals surface area contributed by atoms with Gasteiger partial charge in [0.25, 0.3) is 5.91 Å². The monoisotopic (exact) mass is 303 g/mol. The normalized spacial score (nSPS) is 21.2. The summed E-state index contributed by atoms with van der Waals surface area (Å²) in [6.07, 6.45) is 0.877. The van der Waals surface area contributed by atoms with Gasteiger partial charge < -0.3 is 21.3 Å². The van der Waals surface area contributed by atoms with Crippen LogP contribution in [0.3, 0.4) is 0 Å². The van der Waals surface area contributed by atoms with Gasteiger partial charge >= 0.3 is 0 Å². The summed E-state index contributed by atoms with van der Waals surface area (Å²) in [6.45, 7) is 4.33. The van der Waals surface area contributed by atoms with Crippen molar-refractivity contribution in [1.29, 1.82) is 0 Å². The number of hydrogen-bond acceptors (Lipinski definition) is 5. The predicted molar refractivity (Wildman–Crippen MR) is 88.9 cm³/mol. The van der Waals surface area contributed by atoms with Crippen LogP contribution in [0.4, 0.5) is 0 Å². The molecule has 2 rings (SSSR count). The van der Waals surface area contributed by atoms with Gasteiger partial charge in [-0.05, 0) is 45.1 Å². The number of likely N-dealkylation sites (N-methyl/N-ethyl adjacent to an activating group) is 1. The van der Waals surface area contributed by atoms with Crippen LogP contribution >= 0.6 is 0 Å². The summed E-state index contributed by atoms with van der Waals surface area (Å²) >= 11 is 0. The maximum absolute atomic E-state index is 12.1. The van der Waals surface area contributed by atoms with Gasteiger partial charge in [-0.2, -0.15) is 0 Å². The molecule has 0 saturated carbocycles. The van der Waals surface area contributed by atoms with E-state index in [1.165, 1.54) is 0 Å². The fourth-order valence-electron chi connectivity index (χ4n) is 2.48. The number of guanidine groups is 1. The zero-order valence-electron chi connectivity index (χ0n) is 13.5. The lowest BCUT2D eigenvalue weighted by atomic mass is 9.88. The Morgan fingerprint density at radius 2 is 2.09 bits per heavy atom. The Balaban J connectivity index is 2.04. The topological polar surface area (TPSA) is 82.8 Å². The van der Waals surface area contributed by atoms with Crippen LogP contribution in [-0.4, -0.2) is 50.5 Å². The van der Waals surface area contributed by atoms with Crippen molar-refractivity contribution in [2.24, 2.45) is 10.7 Å². The minimum atomic E-state index is -0.324. The number of nitrogens with two attached hydrogens (primary N) is 1. The molecule has 1 atom stereocenters. The first-order valence-electron chi connectivity index (χ1n) is 7.53. The molecule has 6 nitrogen and oxygen atoms in total. The van der Waals surface area contributed by atoms with Crippen molar-refractivity contribution < 1.29 is 4.79 Å². The lowest BCUT2D eigenvalue weighted by Crippen LogP contribution is -2.42. The average Bonchev–Trinajstić information content (AvgIpc) is 2.46. The Morgan fingerprint density at radius 1 is 1.41 bits per heavy atom. The smallest absolute Gasteiger partial charge is 0.251 e. The van der Waals surface area contributed by atoms with E-state index >= 15 is 0 Å². The minimum absolute atomic E-state index is 0.0492. The summed E-state index contributed by atoms with van der Waals surface area (Å²) in [5.41, 5.74) is 7.19. The van der Waals surface area contributed by atoms with Gasteiger partial charge in [0.2, 0.25) is 0 Å². The Morgan fingerprint density at radius 3 is 2.68 bits per heavy atom. The molecular weight excluding hydrogens is 278 g/mol. The number of benzene rings is 1. The third-order valence-corrected chi connectivity index (χ3v) is 3.90. The van der Waals surface area contributed by atoms with Crippen molar-refractivity contribution in [2.75, 3.05) is 33.7 Å². The maximum Gasteiger partial charge on any atom is 0.251 e. The van der Waals surface area contributed by atoms with Gasteiger partial charge in [-0.1, -0.05) is 12.1 Å². The number of aliphatic imine (C=N–C) groups is 1. The molecule has 0 radical (unpaired) electrons. The van der Waals surface area contributed by atoms with Crippen molar-refractivity contribution in [1.82, 2.24) is 15.5 Å². The molecule has 1 aliphatic heterocycles. The minimum Gasteiger partial charge on any atom is -0.370 e. The Labute approximate surface area is 131 Å². The second kappa shape index (κ2) is 6.79. The average molecular weight is 303 g/mol. The Hall–Kier alpha value is -2.08. The molecule has 4 N–H and O–H groups in total. The molecule has 0 bridgehead atoms. The molecule has 0 aromatic heterocycles. The van der Waals surface area contributed by atoms with E-state index in [0.29, 0.717) is 18.1 Å². The summed E-state index contributed by atoms with van der Waals surface area (Å²) in [5, 5.41) is 5.94. The third-order valence-electron chi connectivity index (χ3n) is 3.90. The van der Waals surface area contributed by atoms with Crippen molar-refractivity contribution in [3.8, 4) is 0 Å². The van der Waals surface area contributed by atoms with Crippen LogP contribution in [0.1, 0.15) is 29.3 Å². The van der Waals surface area contributed by atoms with Gasteiger partial charge in [0.1, 0.15) is 0 Å². The van der Waals surface area contributed by atoms with Gasteiger partial charge in [0.05, 0.1) is 5.54 Å². The number of nitrogens with zero attached hydrogens (tertiary/aromatic N) is 2. The number of carbonyl (C=O) groups excluding carboxylic acids is 1. The van der Waals surface area contributed by atoms with Gasteiger partial charge in [-0.3, -0.25) is 4.79 Å². The first kappa shape index (κ1) is 16.3. The van der Waals surface area contributed by atoms with Crippen LogP contribution < -0.4 is 16.4 Å². The van der Waals surface area contributed by atoms with Crippen LogP contribution in [0.15, 0.2) is 29.3 Å². The molecule has 1 aromatic carbocycles. The fraction of sp³-hybridized carbons (Fsp3) is 0.500. The highest BCUT2D eigenvalue weighted by molar-refractivity contribution is 5.94. The molecular formula is C16H25N5O. The molecule has 0 spiro atoms. The Bertz CT molecular complexity index is 552. The number of rotatable bonds is 5. The zero-order chi connectivity index (χ0) is 16.2. The molecule has 1 unspecified atom stereocenters. The number of nitrogens with one attached hydrogen (secondary N) is 2. The first-order valence-corrected chi connectivity index (χ1v) is 7.53. The highest BCUT2D eigenvalue weighted by Crippen LogP contribution is 2.30. The second-order valence-corrected chi connectivity index (χ2v) is 6.08. The van der Waals surface area contributed by atoms with Crippen LogP contribution in [-0.2, 0) is 5.54 Å². The fourth-order valence-corrected chi connectivity index (χ4v) is 2.48. The van der Waals surface area contributed by atoms with E-state index in [1.807, 2.05) is 43.3 Å². The summed E-state index contributed by atoms with van der Waals surface area (Å²) in [6, 6.07) is 7.62. The lowest BCUT2D eigenvalue weighted by Gasteiger charge is -2.30. The van der Waals surface area contributed by atoms with E-state index in [2.05, 4.69) is 22.5 Å². The standard InChI is InChI=1S/C16H25N5O/c1-16(8-9-19-15(17)20-16)13-6-4-12(5-7-13)14(22)18-10-11-21(2)3/h4-7H,8-11H2,1-3H3,(H,18,22)(H3,17,19,20). The molecule has 1 heterocycles. The molecule has 6 heteroatoms. The first-order chi connectivity index (χ1) is 10.4. The quantitative estimate of drug-likeness (QED) is 0.740. The van der Waals surface area contributed by atoms with Crippen LogP contribution in [0.2, 0.25) is 0 Å². The summed E-state index contributed by atoms with van der Waals surface area (Å²) in [4.78, 5) is 18.6. The van der Waals surface area contributed by atoms with Crippen molar-refractivity contribution in [3.63, 3.8) is 0 Å². The molecule has 1 amide bonds. The molecule has 0 aliphatic carbocycles. The summed E-state index contributed by atoms with van der Waals surface area (Å²) < 4.78 is 0. The van der Waals surface area contributed by atoms with Crippen molar-refractivity contribution in [3.05, 3.63) is 35.4 Å². The second-order valence-electron chi connectivity index (χ2n) is 6.08. The molecule has 1 aliphatic rings. The number of carbonyl (C=O) groups is 1. The zero-order valence-corrected chi connectivity index (χ0v) is 13.5. The number of amides is 1. The van der Waals surface area contributed by atoms with Crippen LogP contribution in [0.25, 0.3) is 0 Å². The molecule has 0 fully saturated rings. The highest BCUT2D eigenvalue weighted by atomic mass is 16.1. The Kier molecular flexibility index (Phi) is 5.03. The van der Waals surface area contributed by atoms with E-state index in [0.717, 1.165) is 25.1 Å². The SMILES string of the molecule is CN(C)CCNC(=O)c1ccc(C2(C)CCNC(N)=N2)cc1. The maximum atomic E-state index is 12.1. The van der Waals surface area contributed by atoms with Crippen molar-refractivity contribution in [2.45, 2.75) is 18.9 Å². The highest BCUT2D eigenvalue weighted by Gasteiger charge is 2.28. The van der Waals surface area contributed by atoms with Gasteiger partial charge in [-0.15, -0.1) is 0 Å². The van der Waals surface area contributed by atoms with Crippen LogP contribution in [0, 0.1) is 0 Å². The van der Waals surface area contributed by atoms with Crippen molar-refractivity contribution >= 4 is 11.9 Å². The van der Waals surface area contributed by atoms with E-state index < -0.39 is 0 Å². The van der Waals surface area contributed by atoms with E-state index in [1.54, 1.807) is 0 Å². The van der Waals surface area contributed by atoms with E-state index in [-0.39, 0.29) is 11.4 Å². The molecule has 22 heavy (non-hydrogen) atoms. The van der Waals surface area contributed by atoms with Gasteiger partial charge in [0, 0.05) is 25.2 Å². The van der Waals surface area contributed by atoms with Crippen LogP contribution in [0.5, 0.6) is 0 Å². The lowest BCUT2D eigenvalue weighted by molar-refractivity contribution is 0.0951. The van der Waals surface area contributed by atoms with Gasteiger partial charge in [0.15, 0.2) is 5.96 Å². The summed E-state index contributed by atoms with van der Waals surface area (Å²) in [7, 11) is 3.96. The molecule has 120 valence electrons.